The lowest BCUT2D eigenvalue weighted by Gasteiger charge is -2.11. The van der Waals surface area contributed by atoms with Crippen LogP contribution in [0.2, 0.25) is 0 Å². The average molecular weight is 344 g/mol. The summed E-state index contributed by atoms with van der Waals surface area (Å²) in [5.74, 6) is 1.31. The molecule has 0 bridgehead atoms. The van der Waals surface area contributed by atoms with Gasteiger partial charge in [-0.15, -0.1) is 0 Å². The predicted molar refractivity (Wildman–Crippen MR) is 87.6 cm³/mol. The van der Waals surface area contributed by atoms with Gasteiger partial charge in [-0.25, -0.2) is 9.97 Å². The smallest absolute Gasteiger partial charge is 0.263 e. The van der Waals surface area contributed by atoms with Crippen molar-refractivity contribution in [2.75, 3.05) is 5.73 Å². The third kappa shape index (κ3) is 2.69. The summed E-state index contributed by atoms with van der Waals surface area (Å²) in [6.45, 7) is 4.03. The number of nitrogens with two attached hydrogens (primary N) is 1. The second kappa shape index (κ2) is 5.33. The van der Waals surface area contributed by atoms with Crippen molar-refractivity contribution in [2.24, 2.45) is 0 Å². The number of rotatable bonds is 2. The number of aryl methyl sites for hydroxylation is 2. The van der Waals surface area contributed by atoms with E-state index in [1.165, 1.54) is 0 Å². The van der Waals surface area contributed by atoms with Crippen LogP contribution in [0.4, 0.5) is 5.82 Å². The number of nitrogens with zero attached hydrogens (tertiary/aromatic N) is 2. The van der Waals surface area contributed by atoms with Gasteiger partial charge >= 0.3 is 0 Å². The fourth-order valence-electron chi connectivity index (χ4n) is 2.15. The number of hydrogen-bond acceptors (Lipinski definition) is 4. The molecule has 0 unspecified atom stereocenters. The Morgan fingerprint density at radius 2 is 1.57 bits per heavy atom. The van der Waals surface area contributed by atoms with Gasteiger partial charge < -0.3 is 10.5 Å². The average Bonchev–Trinajstić information content (AvgIpc) is 2.45. The topological polar surface area (TPSA) is 61.0 Å². The van der Waals surface area contributed by atoms with Crippen LogP contribution in [0.25, 0.3) is 11.0 Å². The van der Waals surface area contributed by atoms with E-state index in [2.05, 4.69) is 25.9 Å². The van der Waals surface area contributed by atoms with E-state index in [-0.39, 0.29) is 5.82 Å². The summed E-state index contributed by atoms with van der Waals surface area (Å²) in [4.78, 5) is 8.75. The van der Waals surface area contributed by atoms with Gasteiger partial charge in [0.2, 0.25) is 0 Å². The molecule has 1 aromatic heterocycles. The molecule has 0 amide bonds. The minimum atomic E-state index is 0.284. The second-order valence-electron chi connectivity index (χ2n) is 4.88. The third-order valence-corrected chi connectivity index (χ3v) is 4.44. The molecule has 0 saturated heterocycles. The van der Waals surface area contributed by atoms with Gasteiger partial charge in [-0.1, -0.05) is 28.1 Å². The van der Waals surface area contributed by atoms with Crippen LogP contribution in [0.15, 0.2) is 40.9 Å². The van der Waals surface area contributed by atoms with Crippen LogP contribution >= 0.6 is 15.9 Å². The molecular weight excluding hydrogens is 330 g/mol. The number of hydrogen-bond donors (Lipinski definition) is 1. The van der Waals surface area contributed by atoms with E-state index in [9.17, 15) is 0 Å². The molecule has 1 heterocycles. The molecule has 106 valence electrons. The molecular formula is C16H14BrN3O. The van der Waals surface area contributed by atoms with Crippen LogP contribution in [0, 0.1) is 13.8 Å². The van der Waals surface area contributed by atoms with Gasteiger partial charge in [0.25, 0.3) is 5.88 Å². The van der Waals surface area contributed by atoms with Crippen LogP contribution in [0.1, 0.15) is 11.1 Å². The van der Waals surface area contributed by atoms with Gasteiger partial charge in [0.15, 0.2) is 5.82 Å². The highest BCUT2D eigenvalue weighted by atomic mass is 79.9. The van der Waals surface area contributed by atoms with E-state index < -0.39 is 0 Å². The van der Waals surface area contributed by atoms with Gasteiger partial charge in [-0.2, -0.15) is 0 Å². The minimum absolute atomic E-state index is 0.284. The predicted octanol–water partition coefficient (Wildman–Crippen LogP) is 4.38. The number of anilines is 1. The standard InChI is InChI=1S/C16H14BrN3O/c1-9-7-11(8-10(2)14(9)17)21-16-15(18)19-12-5-3-4-6-13(12)20-16/h3-8H,1-2H3,(H2,18,19). The zero-order valence-corrected chi connectivity index (χ0v) is 13.3. The number of para-hydroxylation sites is 2. The summed E-state index contributed by atoms with van der Waals surface area (Å²) in [6, 6.07) is 11.4. The summed E-state index contributed by atoms with van der Waals surface area (Å²) in [5, 5.41) is 0. The highest BCUT2D eigenvalue weighted by Gasteiger charge is 2.10. The van der Waals surface area contributed by atoms with Crippen molar-refractivity contribution < 1.29 is 4.74 Å². The number of aromatic nitrogens is 2. The molecule has 0 spiro atoms. The summed E-state index contributed by atoms with van der Waals surface area (Å²) in [7, 11) is 0. The van der Waals surface area contributed by atoms with E-state index in [4.69, 9.17) is 10.5 Å². The van der Waals surface area contributed by atoms with E-state index in [0.717, 1.165) is 26.6 Å². The molecule has 4 nitrogen and oxygen atoms in total. The molecule has 0 aliphatic heterocycles. The van der Waals surface area contributed by atoms with Crippen molar-refractivity contribution in [1.82, 2.24) is 9.97 Å². The summed E-state index contributed by atoms with van der Waals surface area (Å²) in [5.41, 5.74) is 9.63. The van der Waals surface area contributed by atoms with Crippen molar-refractivity contribution in [3.8, 4) is 11.6 Å². The molecule has 3 rings (SSSR count). The maximum Gasteiger partial charge on any atom is 0.263 e. The quantitative estimate of drug-likeness (QED) is 0.749. The minimum Gasteiger partial charge on any atom is -0.436 e. The van der Waals surface area contributed by atoms with Crippen LogP contribution in [-0.2, 0) is 0 Å². The molecule has 21 heavy (non-hydrogen) atoms. The summed E-state index contributed by atoms with van der Waals surface area (Å²) in [6.07, 6.45) is 0. The molecule has 0 atom stereocenters. The molecule has 0 radical (unpaired) electrons. The number of halogens is 1. The number of fused-ring (bicyclic) bond motifs is 1. The van der Waals surface area contributed by atoms with Crippen molar-refractivity contribution >= 4 is 32.8 Å². The first-order chi connectivity index (χ1) is 10.0. The van der Waals surface area contributed by atoms with Crippen LogP contribution in [-0.4, -0.2) is 9.97 Å². The van der Waals surface area contributed by atoms with Gasteiger partial charge in [-0.3, -0.25) is 0 Å². The maximum atomic E-state index is 5.93. The molecule has 5 heteroatoms. The SMILES string of the molecule is Cc1cc(Oc2nc3ccccc3nc2N)cc(C)c1Br. The molecule has 3 aromatic rings. The monoisotopic (exact) mass is 343 g/mol. The largest absolute Gasteiger partial charge is 0.436 e. The number of benzene rings is 2. The van der Waals surface area contributed by atoms with E-state index in [1.54, 1.807) is 0 Å². The van der Waals surface area contributed by atoms with Gasteiger partial charge in [0.1, 0.15) is 5.75 Å². The molecule has 0 aliphatic rings. The second-order valence-corrected chi connectivity index (χ2v) is 5.67. The Hall–Kier alpha value is -2.14. The van der Waals surface area contributed by atoms with E-state index in [0.29, 0.717) is 11.6 Å². The Kier molecular flexibility index (Phi) is 3.51. The fraction of sp³-hybridized carbons (Fsp3) is 0.125. The molecule has 0 fully saturated rings. The lowest BCUT2D eigenvalue weighted by molar-refractivity contribution is 0.465. The molecule has 2 N–H and O–H groups in total. The number of ether oxygens (including phenoxy) is 1. The first-order valence-corrected chi connectivity index (χ1v) is 7.31. The van der Waals surface area contributed by atoms with Crippen molar-refractivity contribution in [1.29, 1.82) is 0 Å². The third-order valence-electron chi connectivity index (χ3n) is 3.19. The highest BCUT2D eigenvalue weighted by Crippen LogP contribution is 2.31. The normalized spacial score (nSPS) is 10.8. The molecule has 0 aliphatic carbocycles. The lowest BCUT2D eigenvalue weighted by atomic mass is 10.1. The Morgan fingerprint density at radius 3 is 2.19 bits per heavy atom. The highest BCUT2D eigenvalue weighted by molar-refractivity contribution is 9.10. The van der Waals surface area contributed by atoms with Gasteiger partial charge in [0.05, 0.1) is 11.0 Å². The van der Waals surface area contributed by atoms with Crippen molar-refractivity contribution in [3.63, 3.8) is 0 Å². The van der Waals surface area contributed by atoms with Gasteiger partial charge in [0, 0.05) is 4.47 Å². The Labute approximate surface area is 131 Å². The Morgan fingerprint density at radius 1 is 1.00 bits per heavy atom. The summed E-state index contributed by atoms with van der Waals surface area (Å²) >= 11 is 3.54. The number of nitrogen functional groups attached to an aromatic ring is 1. The zero-order valence-electron chi connectivity index (χ0n) is 11.7. The first-order valence-electron chi connectivity index (χ1n) is 6.51. The Balaban J connectivity index is 2.03. The molecule has 2 aromatic carbocycles. The van der Waals surface area contributed by atoms with Gasteiger partial charge in [-0.05, 0) is 49.2 Å². The van der Waals surface area contributed by atoms with Crippen molar-refractivity contribution in [2.45, 2.75) is 13.8 Å². The fourth-order valence-corrected chi connectivity index (χ4v) is 2.38. The maximum absolute atomic E-state index is 5.93. The van der Waals surface area contributed by atoms with Crippen molar-refractivity contribution in [3.05, 3.63) is 52.0 Å². The zero-order chi connectivity index (χ0) is 15.0. The van der Waals surface area contributed by atoms with E-state index in [1.807, 2.05) is 50.2 Å². The van der Waals surface area contributed by atoms with Crippen LogP contribution in [0.3, 0.4) is 0 Å². The van der Waals surface area contributed by atoms with Crippen LogP contribution in [0.5, 0.6) is 11.6 Å². The lowest BCUT2D eigenvalue weighted by Crippen LogP contribution is -1.99. The first kappa shape index (κ1) is 13.8. The molecule has 0 saturated carbocycles. The van der Waals surface area contributed by atoms with Crippen LogP contribution < -0.4 is 10.5 Å². The van der Waals surface area contributed by atoms with E-state index >= 15 is 0 Å². The Bertz CT molecular complexity index is 810. The summed E-state index contributed by atoms with van der Waals surface area (Å²) < 4.78 is 6.89.